The van der Waals surface area contributed by atoms with Gasteiger partial charge in [-0.2, -0.15) is 0 Å². The summed E-state index contributed by atoms with van der Waals surface area (Å²) in [5.74, 6) is 1.43. The molecular weight excluding hydrogens is 216 g/mol. The Bertz CT molecular complexity index is 397. The van der Waals surface area contributed by atoms with Gasteiger partial charge >= 0.3 is 0 Å². The number of benzene rings is 1. The van der Waals surface area contributed by atoms with E-state index in [2.05, 4.69) is 31.2 Å². The van der Waals surface area contributed by atoms with E-state index < -0.39 is 0 Å². The second-order valence-corrected chi connectivity index (χ2v) is 5.77. The van der Waals surface area contributed by atoms with Gasteiger partial charge in [0.15, 0.2) is 0 Å². The van der Waals surface area contributed by atoms with E-state index in [-0.39, 0.29) is 0 Å². The minimum Gasteiger partial charge on any atom is -0.388 e. The molecule has 3 heteroatoms. The molecule has 3 N–H and O–H groups in total. The molecule has 86 valence electrons. The fourth-order valence-electron chi connectivity index (χ4n) is 1.90. The van der Waals surface area contributed by atoms with Crippen LogP contribution in [0.4, 0.5) is 0 Å². The molecule has 0 unspecified atom stereocenters. The molecule has 1 aliphatic carbocycles. The van der Waals surface area contributed by atoms with Crippen LogP contribution in [0.2, 0.25) is 0 Å². The van der Waals surface area contributed by atoms with Crippen LogP contribution in [0, 0.1) is 17.7 Å². The summed E-state index contributed by atoms with van der Waals surface area (Å²) in [5, 5.41) is 7.38. The monoisotopic (exact) mass is 234 g/mol. The van der Waals surface area contributed by atoms with Gasteiger partial charge in [0.05, 0.1) is 5.84 Å². The van der Waals surface area contributed by atoms with E-state index >= 15 is 0 Å². The number of nitrogens with one attached hydrogen (secondary N) is 1. The van der Waals surface area contributed by atoms with Crippen LogP contribution in [-0.2, 0) is 0 Å². The van der Waals surface area contributed by atoms with Gasteiger partial charge in [0, 0.05) is 17.1 Å². The van der Waals surface area contributed by atoms with Crippen molar-refractivity contribution < 1.29 is 0 Å². The number of hydrogen-bond acceptors (Lipinski definition) is 2. The summed E-state index contributed by atoms with van der Waals surface area (Å²) < 4.78 is 0. The standard InChI is InChI=1S/C13H18N2S/c1-10-4-2-3-5-11(10)16-9-13(6-7-13)8-12(14)15/h2-5H,6-9H2,1H3,(H3,14,15). The first-order chi connectivity index (χ1) is 7.61. The first-order valence-corrected chi connectivity index (χ1v) is 6.61. The molecule has 2 nitrogen and oxygen atoms in total. The molecule has 0 aliphatic heterocycles. The molecule has 0 atom stereocenters. The van der Waals surface area contributed by atoms with Gasteiger partial charge in [-0.25, -0.2) is 0 Å². The number of thioether (sulfide) groups is 1. The highest BCUT2D eigenvalue weighted by Gasteiger charge is 2.42. The summed E-state index contributed by atoms with van der Waals surface area (Å²) in [6.07, 6.45) is 3.23. The van der Waals surface area contributed by atoms with Crippen molar-refractivity contribution in [1.82, 2.24) is 0 Å². The van der Waals surface area contributed by atoms with E-state index in [0.29, 0.717) is 11.3 Å². The predicted octanol–water partition coefficient (Wildman–Crippen LogP) is 3.19. The Morgan fingerprint density at radius 2 is 2.12 bits per heavy atom. The molecule has 2 rings (SSSR count). The third-order valence-corrected chi connectivity index (χ3v) is 4.68. The third kappa shape index (κ3) is 2.79. The van der Waals surface area contributed by atoms with Crippen molar-refractivity contribution in [3.8, 4) is 0 Å². The van der Waals surface area contributed by atoms with Crippen molar-refractivity contribution in [1.29, 1.82) is 5.41 Å². The van der Waals surface area contributed by atoms with E-state index in [1.807, 2.05) is 11.8 Å². The molecule has 1 aromatic carbocycles. The molecule has 0 heterocycles. The normalized spacial score (nSPS) is 17.1. The molecule has 0 radical (unpaired) electrons. The minimum atomic E-state index is 0.332. The average Bonchev–Trinajstić information content (AvgIpc) is 2.96. The Morgan fingerprint density at radius 3 is 2.69 bits per heavy atom. The maximum atomic E-state index is 7.38. The molecule has 16 heavy (non-hydrogen) atoms. The van der Waals surface area contributed by atoms with Crippen molar-refractivity contribution >= 4 is 17.6 Å². The van der Waals surface area contributed by atoms with Crippen molar-refractivity contribution in [3.63, 3.8) is 0 Å². The Morgan fingerprint density at radius 1 is 1.44 bits per heavy atom. The molecule has 1 aliphatic rings. The zero-order valence-corrected chi connectivity index (χ0v) is 10.4. The first-order valence-electron chi connectivity index (χ1n) is 5.63. The van der Waals surface area contributed by atoms with Crippen LogP contribution >= 0.6 is 11.8 Å². The van der Waals surface area contributed by atoms with Gasteiger partial charge in [-0.3, -0.25) is 5.41 Å². The molecule has 1 fully saturated rings. The molecule has 1 saturated carbocycles. The van der Waals surface area contributed by atoms with Gasteiger partial charge in [-0.05, 0) is 36.8 Å². The number of rotatable bonds is 5. The number of hydrogen-bond donors (Lipinski definition) is 2. The second-order valence-electron chi connectivity index (χ2n) is 4.76. The summed E-state index contributed by atoms with van der Waals surface area (Å²) in [6.45, 7) is 2.15. The van der Waals surface area contributed by atoms with Gasteiger partial charge in [0.25, 0.3) is 0 Å². The van der Waals surface area contributed by atoms with Crippen LogP contribution in [0.25, 0.3) is 0 Å². The Labute approximate surface area is 101 Å². The lowest BCUT2D eigenvalue weighted by Crippen LogP contribution is -2.18. The van der Waals surface area contributed by atoms with Crippen LogP contribution < -0.4 is 5.73 Å². The lowest BCUT2D eigenvalue weighted by Gasteiger charge is -2.14. The summed E-state index contributed by atoms with van der Waals surface area (Å²) >= 11 is 1.91. The predicted molar refractivity (Wildman–Crippen MR) is 70.1 cm³/mol. The zero-order chi connectivity index (χ0) is 11.6. The maximum Gasteiger partial charge on any atom is 0.0911 e. The van der Waals surface area contributed by atoms with Crippen LogP contribution in [-0.4, -0.2) is 11.6 Å². The van der Waals surface area contributed by atoms with Gasteiger partial charge in [-0.1, -0.05) is 18.2 Å². The van der Waals surface area contributed by atoms with Crippen molar-refractivity contribution in [2.75, 3.05) is 5.75 Å². The number of aryl methyl sites for hydroxylation is 1. The lowest BCUT2D eigenvalue weighted by molar-refractivity contribution is 0.612. The molecule has 0 amide bonds. The Hall–Kier alpha value is -0.960. The highest BCUT2D eigenvalue weighted by Crippen LogP contribution is 2.52. The Kier molecular flexibility index (Phi) is 3.24. The van der Waals surface area contributed by atoms with E-state index in [9.17, 15) is 0 Å². The summed E-state index contributed by atoms with van der Waals surface area (Å²) in [5.41, 5.74) is 7.16. The van der Waals surface area contributed by atoms with E-state index in [4.69, 9.17) is 11.1 Å². The van der Waals surface area contributed by atoms with Crippen molar-refractivity contribution in [2.24, 2.45) is 11.1 Å². The quantitative estimate of drug-likeness (QED) is 0.467. The first kappa shape index (κ1) is 11.5. The summed E-state index contributed by atoms with van der Waals surface area (Å²) in [4.78, 5) is 1.36. The fraction of sp³-hybridized carbons (Fsp3) is 0.462. The summed E-state index contributed by atoms with van der Waals surface area (Å²) in [7, 11) is 0. The highest BCUT2D eigenvalue weighted by atomic mass is 32.2. The molecule has 0 spiro atoms. The van der Waals surface area contributed by atoms with Crippen LogP contribution in [0.3, 0.4) is 0 Å². The molecule has 0 bridgehead atoms. The number of amidine groups is 1. The van der Waals surface area contributed by atoms with Gasteiger partial charge in [-0.15, -0.1) is 11.8 Å². The molecule has 0 saturated heterocycles. The van der Waals surface area contributed by atoms with E-state index in [0.717, 1.165) is 12.2 Å². The smallest absolute Gasteiger partial charge is 0.0911 e. The zero-order valence-electron chi connectivity index (χ0n) is 9.62. The van der Waals surface area contributed by atoms with Crippen LogP contribution in [0.5, 0.6) is 0 Å². The van der Waals surface area contributed by atoms with Crippen molar-refractivity contribution in [2.45, 2.75) is 31.1 Å². The topological polar surface area (TPSA) is 49.9 Å². The van der Waals surface area contributed by atoms with Gasteiger partial charge < -0.3 is 5.73 Å². The highest BCUT2D eigenvalue weighted by molar-refractivity contribution is 7.99. The largest absolute Gasteiger partial charge is 0.388 e. The lowest BCUT2D eigenvalue weighted by atomic mass is 10.1. The molecule has 1 aromatic rings. The van der Waals surface area contributed by atoms with Gasteiger partial charge in [0.1, 0.15) is 0 Å². The molecule has 0 aromatic heterocycles. The SMILES string of the molecule is Cc1ccccc1SCC1(CC(=N)N)CC1. The third-order valence-electron chi connectivity index (χ3n) is 3.15. The van der Waals surface area contributed by atoms with Crippen LogP contribution in [0.1, 0.15) is 24.8 Å². The van der Waals surface area contributed by atoms with Gasteiger partial charge in [0.2, 0.25) is 0 Å². The Balaban J connectivity index is 1.93. The van der Waals surface area contributed by atoms with Crippen LogP contribution in [0.15, 0.2) is 29.2 Å². The maximum absolute atomic E-state index is 7.38. The van der Waals surface area contributed by atoms with Crippen molar-refractivity contribution in [3.05, 3.63) is 29.8 Å². The second kappa shape index (κ2) is 4.50. The van der Waals surface area contributed by atoms with E-state index in [1.54, 1.807) is 0 Å². The fourth-order valence-corrected chi connectivity index (χ4v) is 3.23. The average molecular weight is 234 g/mol. The minimum absolute atomic E-state index is 0.332. The van der Waals surface area contributed by atoms with E-state index in [1.165, 1.54) is 23.3 Å². The molecular formula is C13H18N2S. The number of nitrogens with two attached hydrogens (primary N) is 1. The summed E-state index contributed by atoms with van der Waals surface area (Å²) in [6, 6.07) is 8.47.